The summed E-state index contributed by atoms with van der Waals surface area (Å²) in [5.74, 6) is -0.390. The van der Waals surface area contributed by atoms with Gasteiger partial charge in [0.25, 0.3) is 0 Å². The Bertz CT molecular complexity index is 374. The zero-order valence-electron chi connectivity index (χ0n) is 10.3. The Kier molecular flexibility index (Phi) is 4.63. The topological polar surface area (TPSA) is 55.1 Å². The maximum atomic E-state index is 12.7. The standard InChI is InChI=1S/C13H19FN2O/c1-13(2,16-12(17)9-15)8-7-10-3-5-11(14)6-4-10/h3-6H,7-9,15H2,1-2H3,(H,16,17). The average molecular weight is 238 g/mol. The molecule has 1 rings (SSSR count). The van der Waals surface area contributed by atoms with E-state index in [0.717, 1.165) is 18.4 Å². The number of nitrogens with two attached hydrogens (primary N) is 1. The van der Waals surface area contributed by atoms with Crippen LogP contribution in [0, 0.1) is 5.82 Å². The van der Waals surface area contributed by atoms with Crippen molar-refractivity contribution in [1.29, 1.82) is 0 Å². The first-order chi connectivity index (χ1) is 7.93. The van der Waals surface area contributed by atoms with Crippen molar-refractivity contribution in [2.24, 2.45) is 5.73 Å². The monoisotopic (exact) mass is 238 g/mol. The number of carbonyl (C=O) groups excluding carboxylic acids is 1. The molecule has 0 unspecified atom stereocenters. The summed E-state index contributed by atoms with van der Waals surface area (Å²) in [6.07, 6.45) is 1.57. The van der Waals surface area contributed by atoms with Crippen molar-refractivity contribution in [3.63, 3.8) is 0 Å². The number of amides is 1. The maximum absolute atomic E-state index is 12.7. The number of benzene rings is 1. The van der Waals surface area contributed by atoms with E-state index >= 15 is 0 Å². The minimum absolute atomic E-state index is 0.0000216. The van der Waals surface area contributed by atoms with Gasteiger partial charge >= 0.3 is 0 Å². The summed E-state index contributed by atoms with van der Waals surface area (Å²) in [4.78, 5) is 11.2. The molecule has 0 aliphatic rings. The van der Waals surface area contributed by atoms with Crippen LogP contribution in [-0.2, 0) is 11.2 Å². The molecule has 0 saturated carbocycles. The number of carbonyl (C=O) groups is 1. The van der Waals surface area contributed by atoms with Crippen LogP contribution in [0.15, 0.2) is 24.3 Å². The second-order valence-corrected chi connectivity index (χ2v) is 4.76. The molecule has 3 N–H and O–H groups in total. The van der Waals surface area contributed by atoms with Crippen molar-refractivity contribution in [3.05, 3.63) is 35.6 Å². The van der Waals surface area contributed by atoms with Crippen LogP contribution in [0.1, 0.15) is 25.8 Å². The number of nitrogens with one attached hydrogen (secondary N) is 1. The van der Waals surface area contributed by atoms with Gasteiger partial charge in [-0.25, -0.2) is 4.39 Å². The van der Waals surface area contributed by atoms with E-state index in [1.807, 2.05) is 13.8 Å². The fourth-order valence-corrected chi connectivity index (χ4v) is 1.60. The van der Waals surface area contributed by atoms with Crippen LogP contribution in [0.4, 0.5) is 4.39 Å². The molecular formula is C13H19FN2O. The van der Waals surface area contributed by atoms with Gasteiger partial charge in [-0.1, -0.05) is 12.1 Å². The third kappa shape index (κ3) is 4.95. The third-order valence-electron chi connectivity index (χ3n) is 2.62. The van der Waals surface area contributed by atoms with Gasteiger partial charge in [-0.15, -0.1) is 0 Å². The van der Waals surface area contributed by atoms with Gasteiger partial charge in [0.05, 0.1) is 6.54 Å². The lowest BCUT2D eigenvalue weighted by Gasteiger charge is -2.26. The fourth-order valence-electron chi connectivity index (χ4n) is 1.60. The Hall–Kier alpha value is -1.42. The lowest BCUT2D eigenvalue weighted by Crippen LogP contribution is -2.46. The Morgan fingerprint density at radius 2 is 1.94 bits per heavy atom. The van der Waals surface area contributed by atoms with Gasteiger partial charge in [-0.2, -0.15) is 0 Å². The zero-order valence-corrected chi connectivity index (χ0v) is 10.3. The molecule has 0 aliphatic carbocycles. The molecule has 17 heavy (non-hydrogen) atoms. The number of hydrogen-bond acceptors (Lipinski definition) is 2. The molecule has 0 radical (unpaired) electrons. The maximum Gasteiger partial charge on any atom is 0.234 e. The van der Waals surface area contributed by atoms with E-state index in [-0.39, 0.29) is 23.8 Å². The molecule has 0 aliphatic heterocycles. The van der Waals surface area contributed by atoms with Crippen molar-refractivity contribution in [1.82, 2.24) is 5.32 Å². The normalized spacial score (nSPS) is 11.3. The minimum atomic E-state index is -0.301. The van der Waals surface area contributed by atoms with Crippen molar-refractivity contribution in [3.8, 4) is 0 Å². The summed E-state index contributed by atoms with van der Waals surface area (Å²) in [7, 11) is 0. The first-order valence-electron chi connectivity index (χ1n) is 5.68. The Balaban J connectivity index is 2.49. The van der Waals surface area contributed by atoms with Crippen LogP contribution in [0.3, 0.4) is 0 Å². The van der Waals surface area contributed by atoms with Gasteiger partial charge in [-0.05, 0) is 44.4 Å². The predicted octanol–water partition coefficient (Wildman–Crippen LogP) is 1.61. The Labute approximate surface area is 101 Å². The highest BCUT2D eigenvalue weighted by molar-refractivity contribution is 5.78. The number of hydrogen-bond donors (Lipinski definition) is 2. The van der Waals surface area contributed by atoms with E-state index < -0.39 is 0 Å². The summed E-state index contributed by atoms with van der Waals surface area (Å²) in [5, 5.41) is 2.85. The molecule has 0 fully saturated rings. The van der Waals surface area contributed by atoms with E-state index in [9.17, 15) is 9.18 Å². The van der Waals surface area contributed by atoms with Crippen molar-refractivity contribution >= 4 is 5.91 Å². The molecule has 0 saturated heterocycles. The summed E-state index contributed by atoms with van der Waals surface area (Å²) in [6.45, 7) is 3.90. The second-order valence-electron chi connectivity index (χ2n) is 4.76. The van der Waals surface area contributed by atoms with Crippen molar-refractivity contribution in [2.75, 3.05) is 6.54 Å². The molecule has 0 bridgehead atoms. The summed E-state index contributed by atoms with van der Waals surface area (Å²) < 4.78 is 12.7. The highest BCUT2D eigenvalue weighted by atomic mass is 19.1. The number of rotatable bonds is 5. The molecule has 0 spiro atoms. The minimum Gasteiger partial charge on any atom is -0.350 e. The molecule has 1 aromatic carbocycles. The molecule has 0 heterocycles. The van der Waals surface area contributed by atoms with Crippen LogP contribution in [-0.4, -0.2) is 18.0 Å². The SMILES string of the molecule is CC(C)(CCc1ccc(F)cc1)NC(=O)CN. The second kappa shape index (κ2) is 5.77. The lowest BCUT2D eigenvalue weighted by molar-refractivity contribution is -0.121. The lowest BCUT2D eigenvalue weighted by atomic mass is 9.95. The third-order valence-corrected chi connectivity index (χ3v) is 2.62. The van der Waals surface area contributed by atoms with Crippen LogP contribution >= 0.6 is 0 Å². The van der Waals surface area contributed by atoms with Crippen LogP contribution in [0.2, 0.25) is 0 Å². The summed E-state index contributed by atoms with van der Waals surface area (Å²) in [6, 6.07) is 6.41. The molecule has 94 valence electrons. The molecule has 4 heteroatoms. The van der Waals surface area contributed by atoms with Crippen molar-refractivity contribution in [2.45, 2.75) is 32.2 Å². The van der Waals surface area contributed by atoms with Crippen LogP contribution < -0.4 is 11.1 Å². The highest BCUT2D eigenvalue weighted by Gasteiger charge is 2.19. The van der Waals surface area contributed by atoms with Crippen molar-refractivity contribution < 1.29 is 9.18 Å². The molecule has 1 aromatic rings. The Morgan fingerprint density at radius 3 is 2.47 bits per heavy atom. The van der Waals surface area contributed by atoms with E-state index in [4.69, 9.17) is 5.73 Å². The predicted molar refractivity (Wildman–Crippen MR) is 66.0 cm³/mol. The van der Waals surface area contributed by atoms with Gasteiger partial charge < -0.3 is 11.1 Å². The molecule has 1 amide bonds. The van der Waals surface area contributed by atoms with E-state index in [1.165, 1.54) is 12.1 Å². The van der Waals surface area contributed by atoms with Gasteiger partial charge in [0.15, 0.2) is 0 Å². The molecule has 3 nitrogen and oxygen atoms in total. The van der Waals surface area contributed by atoms with E-state index in [2.05, 4.69) is 5.32 Å². The van der Waals surface area contributed by atoms with Gasteiger partial charge in [0, 0.05) is 5.54 Å². The van der Waals surface area contributed by atoms with Crippen LogP contribution in [0.25, 0.3) is 0 Å². The largest absolute Gasteiger partial charge is 0.350 e. The number of aryl methyl sites for hydroxylation is 1. The fraction of sp³-hybridized carbons (Fsp3) is 0.462. The summed E-state index contributed by atoms with van der Waals surface area (Å²) >= 11 is 0. The van der Waals surface area contributed by atoms with Gasteiger partial charge in [-0.3, -0.25) is 4.79 Å². The molecule has 0 atom stereocenters. The molecule has 0 aromatic heterocycles. The zero-order chi connectivity index (χ0) is 12.9. The smallest absolute Gasteiger partial charge is 0.234 e. The van der Waals surface area contributed by atoms with E-state index in [0.29, 0.717) is 0 Å². The van der Waals surface area contributed by atoms with Gasteiger partial charge in [0.2, 0.25) is 5.91 Å². The summed E-state index contributed by atoms with van der Waals surface area (Å²) in [5.41, 5.74) is 6.01. The average Bonchev–Trinajstić information content (AvgIpc) is 2.28. The first kappa shape index (κ1) is 13.6. The van der Waals surface area contributed by atoms with Crippen LogP contribution in [0.5, 0.6) is 0 Å². The van der Waals surface area contributed by atoms with Gasteiger partial charge in [0.1, 0.15) is 5.82 Å². The first-order valence-corrected chi connectivity index (χ1v) is 5.68. The quantitative estimate of drug-likeness (QED) is 0.819. The van der Waals surface area contributed by atoms with E-state index in [1.54, 1.807) is 12.1 Å². The Morgan fingerprint density at radius 1 is 1.35 bits per heavy atom. The molecular weight excluding hydrogens is 219 g/mol. The highest BCUT2D eigenvalue weighted by Crippen LogP contribution is 2.14. The number of halogens is 1.